The first-order valence-corrected chi connectivity index (χ1v) is 9.76. The van der Waals surface area contributed by atoms with Crippen LogP contribution in [0, 0.1) is 0 Å². The van der Waals surface area contributed by atoms with E-state index < -0.39 is 0 Å². The maximum atomic E-state index is 6.07. The van der Waals surface area contributed by atoms with Crippen LogP contribution in [0.4, 0.5) is 0 Å². The molecule has 1 unspecified atom stereocenters. The largest absolute Gasteiger partial charge is 0.467 e. The molecule has 1 atom stereocenters. The summed E-state index contributed by atoms with van der Waals surface area (Å²) in [4.78, 5) is 7.06. The molecule has 2 aromatic rings. The number of furan rings is 1. The Morgan fingerprint density at radius 2 is 1.96 bits per heavy atom. The lowest BCUT2D eigenvalue weighted by atomic mass is 10.0. The molecule has 1 aromatic carbocycles. The summed E-state index contributed by atoms with van der Waals surface area (Å²) in [5.74, 6) is 1.62. The molecule has 6 nitrogen and oxygen atoms in total. The first-order chi connectivity index (χ1) is 13.3. The molecular formula is C20H27ClN4O2. The van der Waals surface area contributed by atoms with E-state index in [0.717, 1.165) is 56.1 Å². The van der Waals surface area contributed by atoms with Crippen LogP contribution in [0.25, 0.3) is 0 Å². The molecule has 0 bridgehead atoms. The third-order valence-electron chi connectivity index (χ3n) is 4.52. The first-order valence-electron chi connectivity index (χ1n) is 9.38. The Morgan fingerprint density at radius 1 is 1.19 bits per heavy atom. The van der Waals surface area contributed by atoms with E-state index in [2.05, 4.69) is 39.6 Å². The van der Waals surface area contributed by atoms with Crippen molar-refractivity contribution < 1.29 is 9.15 Å². The van der Waals surface area contributed by atoms with E-state index in [1.807, 2.05) is 24.3 Å². The Hall–Kier alpha value is -2.02. The summed E-state index contributed by atoms with van der Waals surface area (Å²) in [7, 11) is 0. The van der Waals surface area contributed by atoms with Gasteiger partial charge in [0, 0.05) is 31.2 Å². The number of guanidine groups is 1. The van der Waals surface area contributed by atoms with E-state index in [-0.39, 0.29) is 6.04 Å². The summed E-state index contributed by atoms with van der Waals surface area (Å²) in [6, 6.07) is 12.1. The highest BCUT2D eigenvalue weighted by Gasteiger charge is 2.23. The quantitative estimate of drug-likeness (QED) is 0.562. The van der Waals surface area contributed by atoms with Crippen LogP contribution in [0.2, 0.25) is 5.02 Å². The van der Waals surface area contributed by atoms with E-state index in [0.29, 0.717) is 6.54 Å². The molecular weight excluding hydrogens is 364 g/mol. The van der Waals surface area contributed by atoms with Gasteiger partial charge in [0.25, 0.3) is 0 Å². The standard InChI is InChI=1S/C20H27ClN4O2/c1-2-22-20(23-14-18-4-3-11-27-18)24-15-19(25-9-12-26-13-10-25)16-5-7-17(21)8-6-16/h3-8,11,19H,2,9-10,12-15H2,1H3,(H2,22,23,24). The van der Waals surface area contributed by atoms with Crippen LogP contribution < -0.4 is 10.6 Å². The molecule has 2 N–H and O–H groups in total. The normalized spacial score (nSPS) is 16.9. The fourth-order valence-corrected chi connectivity index (χ4v) is 3.25. The summed E-state index contributed by atoms with van der Waals surface area (Å²) in [6.45, 7) is 7.45. The molecule has 146 valence electrons. The molecule has 3 rings (SSSR count). The molecule has 0 aliphatic carbocycles. The van der Waals surface area contributed by atoms with Crippen LogP contribution in [-0.2, 0) is 11.3 Å². The van der Waals surface area contributed by atoms with E-state index in [1.165, 1.54) is 5.56 Å². The van der Waals surface area contributed by atoms with Crippen molar-refractivity contribution in [2.24, 2.45) is 4.99 Å². The van der Waals surface area contributed by atoms with E-state index >= 15 is 0 Å². The van der Waals surface area contributed by atoms with Crippen LogP contribution in [0.3, 0.4) is 0 Å². The minimum absolute atomic E-state index is 0.221. The molecule has 1 saturated heterocycles. The Morgan fingerprint density at radius 3 is 2.63 bits per heavy atom. The molecule has 1 fully saturated rings. The minimum atomic E-state index is 0.221. The summed E-state index contributed by atoms with van der Waals surface area (Å²) in [5, 5.41) is 7.52. The molecule has 0 spiro atoms. The smallest absolute Gasteiger partial charge is 0.191 e. The van der Waals surface area contributed by atoms with Gasteiger partial charge < -0.3 is 19.8 Å². The van der Waals surface area contributed by atoms with Gasteiger partial charge in [0.15, 0.2) is 5.96 Å². The molecule has 0 amide bonds. The SMILES string of the molecule is CCNC(=NCc1ccco1)NCC(c1ccc(Cl)cc1)N1CCOCC1. The van der Waals surface area contributed by atoms with Gasteiger partial charge in [-0.05, 0) is 36.8 Å². The van der Waals surface area contributed by atoms with Gasteiger partial charge in [-0.1, -0.05) is 23.7 Å². The van der Waals surface area contributed by atoms with Crippen LogP contribution in [0.5, 0.6) is 0 Å². The minimum Gasteiger partial charge on any atom is -0.467 e. The number of aliphatic imine (C=N–C) groups is 1. The van der Waals surface area contributed by atoms with E-state index in [1.54, 1.807) is 6.26 Å². The van der Waals surface area contributed by atoms with E-state index in [9.17, 15) is 0 Å². The molecule has 1 aliphatic rings. The molecule has 1 aromatic heterocycles. The van der Waals surface area contributed by atoms with Crippen LogP contribution in [0.1, 0.15) is 24.3 Å². The highest BCUT2D eigenvalue weighted by atomic mass is 35.5. The van der Waals surface area contributed by atoms with Gasteiger partial charge in [-0.2, -0.15) is 0 Å². The van der Waals surface area contributed by atoms with Crippen molar-refractivity contribution >= 4 is 17.6 Å². The highest BCUT2D eigenvalue weighted by Crippen LogP contribution is 2.23. The fraction of sp³-hybridized carbons (Fsp3) is 0.450. The molecule has 7 heteroatoms. The van der Waals surface area contributed by atoms with Gasteiger partial charge >= 0.3 is 0 Å². The number of morpholine rings is 1. The lowest BCUT2D eigenvalue weighted by Crippen LogP contribution is -2.46. The van der Waals surface area contributed by atoms with Gasteiger partial charge in [0.2, 0.25) is 0 Å². The zero-order valence-electron chi connectivity index (χ0n) is 15.7. The Balaban J connectivity index is 1.69. The van der Waals surface area contributed by atoms with Crippen LogP contribution in [-0.4, -0.2) is 50.3 Å². The van der Waals surface area contributed by atoms with Gasteiger partial charge in [-0.3, -0.25) is 4.90 Å². The lowest BCUT2D eigenvalue weighted by molar-refractivity contribution is 0.0170. The molecule has 1 aliphatic heterocycles. The summed E-state index contributed by atoms with van der Waals surface area (Å²) in [6.07, 6.45) is 1.67. The fourth-order valence-electron chi connectivity index (χ4n) is 3.13. The number of benzene rings is 1. The second kappa shape index (κ2) is 10.3. The number of nitrogens with one attached hydrogen (secondary N) is 2. The Labute approximate surface area is 165 Å². The number of hydrogen-bond acceptors (Lipinski definition) is 4. The number of halogens is 1. The average molecular weight is 391 g/mol. The number of rotatable bonds is 7. The highest BCUT2D eigenvalue weighted by molar-refractivity contribution is 6.30. The number of nitrogens with zero attached hydrogens (tertiary/aromatic N) is 2. The molecule has 27 heavy (non-hydrogen) atoms. The summed E-state index contributed by atoms with van der Waals surface area (Å²) in [5.41, 5.74) is 1.23. The number of hydrogen-bond donors (Lipinski definition) is 2. The van der Waals surface area contributed by atoms with Gasteiger partial charge in [-0.15, -0.1) is 0 Å². The third-order valence-corrected chi connectivity index (χ3v) is 4.77. The summed E-state index contributed by atoms with van der Waals surface area (Å²) < 4.78 is 10.9. The maximum absolute atomic E-state index is 6.07. The van der Waals surface area contributed by atoms with Crippen molar-refractivity contribution in [1.82, 2.24) is 15.5 Å². The van der Waals surface area contributed by atoms with E-state index in [4.69, 9.17) is 20.8 Å². The Bertz CT molecular complexity index is 697. The van der Waals surface area contributed by atoms with Crippen LogP contribution in [0.15, 0.2) is 52.1 Å². The topological polar surface area (TPSA) is 62.0 Å². The molecule has 2 heterocycles. The van der Waals surface area contributed by atoms with Crippen molar-refractivity contribution in [2.75, 3.05) is 39.4 Å². The van der Waals surface area contributed by atoms with Gasteiger partial charge in [0.05, 0.1) is 25.5 Å². The Kier molecular flexibility index (Phi) is 7.56. The number of ether oxygens (including phenoxy) is 1. The first kappa shape index (κ1) is 19.7. The molecule has 0 saturated carbocycles. The zero-order chi connectivity index (χ0) is 18.9. The van der Waals surface area contributed by atoms with Crippen molar-refractivity contribution in [3.8, 4) is 0 Å². The second-order valence-electron chi connectivity index (χ2n) is 6.37. The average Bonchev–Trinajstić information content (AvgIpc) is 3.22. The van der Waals surface area contributed by atoms with Crippen molar-refractivity contribution in [1.29, 1.82) is 0 Å². The monoisotopic (exact) mass is 390 g/mol. The molecule has 0 radical (unpaired) electrons. The lowest BCUT2D eigenvalue weighted by Gasteiger charge is -2.35. The van der Waals surface area contributed by atoms with Gasteiger partial charge in [-0.25, -0.2) is 4.99 Å². The predicted octanol–water partition coefficient (Wildman–Crippen LogP) is 3.06. The summed E-state index contributed by atoms with van der Waals surface area (Å²) >= 11 is 6.07. The zero-order valence-corrected chi connectivity index (χ0v) is 16.4. The van der Waals surface area contributed by atoms with Gasteiger partial charge in [0.1, 0.15) is 12.3 Å². The van der Waals surface area contributed by atoms with Crippen molar-refractivity contribution in [3.63, 3.8) is 0 Å². The second-order valence-corrected chi connectivity index (χ2v) is 6.81. The van der Waals surface area contributed by atoms with Crippen LogP contribution >= 0.6 is 11.6 Å². The van der Waals surface area contributed by atoms with Crippen molar-refractivity contribution in [2.45, 2.75) is 19.5 Å². The maximum Gasteiger partial charge on any atom is 0.191 e. The predicted molar refractivity (Wildman–Crippen MR) is 108 cm³/mol. The van der Waals surface area contributed by atoms with Crippen molar-refractivity contribution in [3.05, 3.63) is 59.0 Å². The third kappa shape index (κ3) is 5.99.